The second kappa shape index (κ2) is 22.8. The molecule has 2 bridgehead atoms. The van der Waals surface area contributed by atoms with E-state index in [9.17, 15) is 0 Å². The van der Waals surface area contributed by atoms with E-state index in [1.165, 1.54) is 179 Å². The van der Waals surface area contributed by atoms with Gasteiger partial charge in [-0.05, 0) is 269 Å². The molecule has 0 aliphatic heterocycles. The van der Waals surface area contributed by atoms with Gasteiger partial charge in [0, 0.05) is 11.8 Å². The summed E-state index contributed by atoms with van der Waals surface area (Å²) in [5, 5.41) is 5.10. The molecule has 0 aromatic heterocycles. The lowest BCUT2D eigenvalue weighted by molar-refractivity contribution is 0.0322. The van der Waals surface area contributed by atoms with Crippen molar-refractivity contribution in [3.05, 3.63) is 323 Å². The van der Waals surface area contributed by atoms with Crippen LogP contribution >= 0.6 is 0 Å². The van der Waals surface area contributed by atoms with Gasteiger partial charge in [0.25, 0.3) is 0 Å². The van der Waals surface area contributed by atoms with Crippen LogP contribution in [0.3, 0.4) is 0 Å². The molecule has 3 saturated carbocycles. The molecule has 20 rings (SSSR count). The van der Waals surface area contributed by atoms with E-state index in [1.807, 2.05) is 0 Å². The lowest BCUT2D eigenvalue weighted by atomic mass is 9.48. The Morgan fingerprint density at radius 1 is 0.253 bits per heavy atom. The maximum absolute atomic E-state index is 2.67. The third kappa shape index (κ3) is 9.36. The minimum atomic E-state index is 0.476. The quantitative estimate of drug-likeness (QED) is 0.126. The van der Waals surface area contributed by atoms with Crippen LogP contribution in [0.15, 0.2) is 273 Å². The molecule has 0 radical (unpaired) electrons. The summed E-state index contributed by atoms with van der Waals surface area (Å²) in [7, 11) is 0. The van der Waals surface area contributed by atoms with Gasteiger partial charge in [-0.15, -0.1) is 0 Å². The zero-order valence-electron chi connectivity index (χ0n) is 54.9. The third-order valence-corrected chi connectivity index (χ3v) is 24.8. The van der Waals surface area contributed by atoms with Crippen LogP contribution in [0.25, 0.3) is 111 Å². The second-order valence-corrected chi connectivity index (χ2v) is 29.8. The highest BCUT2D eigenvalue weighted by Crippen LogP contribution is 2.69. The van der Waals surface area contributed by atoms with Gasteiger partial charge >= 0.3 is 0 Å². The monoisotopic (exact) mass is 1220 g/mol. The van der Waals surface area contributed by atoms with Gasteiger partial charge in [-0.3, -0.25) is 0 Å². The van der Waals surface area contributed by atoms with Crippen molar-refractivity contribution >= 4 is 21.5 Å². The van der Waals surface area contributed by atoms with Gasteiger partial charge in [0.15, 0.2) is 0 Å². The van der Waals surface area contributed by atoms with Crippen molar-refractivity contribution in [2.45, 2.75) is 95.8 Å². The second-order valence-electron chi connectivity index (χ2n) is 29.8. The molecule has 10 atom stereocenters. The number of hydrogen-bond donors (Lipinski definition) is 0. The van der Waals surface area contributed by atoms with Crippen molar-refractivity contribution in [1.82, 2.24) is 0 Å². The largest absolute Gasteiger partial charge is 0.0622 e. The number of benzene rings is 13. The summed E-state index contributed by atoms with van der Waals surface area (Å²) in [5.74, 6) is 6.32. The highest BCUT2D eigenvalue weighted by Gasteiger charge is 2.56. The molecular weight excluding hydrogens is 1140 g/mol. The van der Waals surface area contributed by atoms with Gasteiger partial charge in [0.2, 0.25) is 0 Å². The van der Waals surface area contributed by atoms with E-state index in [-0.39, 0.29) is 0 Å². The summed E-state index contributed by atoms with van der Waals surface area (Å²) in [4.78, 5) is 0. The predicted octanol–water partition coefficient (Wildman–Crippen LogP) is 25.6. The minimum absolute atomic E-state index is 0.476. The molecule has 10 unspecified atom stereocenters. The van der Waals surface area contributed by atoms with E-state index < -0.39 is 0 Å². The molecule has 95 heavy (non-hydrogen) atoms. The maximum atomic E-state index is 2.67. The van der Waals surface area contributed by atoms with Crippen LogP contribution in [-0.4, -0.2) is 0 Å². The molecule has 13 aromatic carbocycles. The SMILES string of the molecule is Cc1ccc(-c2ccc3c(c2)C2c4ccccc4C3C3CC(C4CC5CCCC6c7c(-c8ccc(-c9ccc%10c(-c%11ccccc%11)c(-c%11ccccc%11)c%11ccc(-c%12ccc(C)cc%12)cc%11c%10c9)cc8)cc(-c8ccc(C)cc8)c(-c8ccccc8)c7C(C4)C56)CCC23)cc1. The fourth-order valence-corrected chi connectivity index (χ4v) is 20.7. The maximum Gasteiger partial charge on any atom is 0.0127 e. The van der Waals surface area contributed by atoms with Crippen LogP contribution in [0.2, 0.25) is 0 Å². The van der Waals surface area contributed by atoms with Gasteiger partial charge in [-0.1, -0.05) is 284 Å². The fourth-order valence-electron chi connectivity index (χ4n) is 20.7. The topological polar surface area (TPSA) is 0 Å². The Bertz CT molecular complexity index is 5110. The average molecular weight is 1220 g/mol. The summed E-state index contributed by atoms with van der Waals surface area (Å²) < 4.78 is 0. The lowest BCUT2D eigenvalue weighted by Gasteiger charge is -2.56. The summed E-state index contributed by atoms with van der Waals surface area (Å²) in [5.41, 5.74) is 34.9. The van der Waals surface area contributed by atoms with Gasteiger partial charge in [0.1, 0.15) is 0 Å². The molecule has 0 nitrogen and oxygen atoms in total. The van der Waals surface area contributed by atoms with Crippen LogP contribution in [0.1, 0.15) is 125 Å². The first-order valence-corrected chi connectivity index (χ1v) is 35.8. The molecule has 7 aliphatic rings. The average Bonchev–Trinajstić information content (AvgIpc) is 1.53. The Kier molecular flexibility index (Phi) is 13.7. The molecule has 0 spiro atoms. The van der Waals surface area contributed by atoms with E-state index in [4.69, 9.17) is 0 Å². The molecule has 13 aromatic rings. The van der Waals surface area contributed by atoms with Crippen molar-refractivity contribution in [3.8, 4) is 89.0 Å². The summed E-state index contributed by atoms with van der Waals surface area (Å²) in [6, 6.07) is 106. The molecule has 0 heteroatoms. The van der Waals surface area contributed by atoms with Crippen molar-refractivity contribution in [1.29, 1.82) is 0 Å². The van der Waals surface area contributed by atoms with Crippen molar-refractivity contribution < 1.29 is 0 Å². The zero-order chi connectivity index (χ0) is 63.0. The number of rotatable bonds is 9. The van der Waals surface area contributed by atoms with E-state index in [1.54, 1.807) is 33.4 Å². The van der Waals surface area contributed by atoms with Crippen molar-refractivity contribution in [3.63, 3.8) is 0 Å². The Morgan fingerprint density at radius 2 is 0.705 bits per heavy atom. The van der Waals surface area contributed by atoms with Crippen molar-refractivity contribution in [2.75, 3.05) is 0 Å². The van der Waals surface area contributed by atoms with Crippen molar-refractivity contribution in [2.24, 2.45) is 35.5 Å². The lowest BCUT2D eigenvalue weighted by Crippen LogP contribution is -2.45. The van der Waals surface area contributed by atoms with E-state index in [0.717, 1.165) is 17.8 Å². The molecule has 0 saturated heterocycles. The first-order chi connectivity index (χ1) is 46.8. The van der Waals surface area contributed by atoms with Crippen LogP contribution in [0.4, 0.5) is 0 Å². The first-order valence-electron chi connectivity index (χ1n) is 35.8. The van der Waals surface area contributed by atoms with E-state index in [0.29, 0.717) is 41.4 Å². The van der Waals surface area contributed by atoms with Gasteiger partial charge < -0.3 is 0 Å². The van der Waals surface area contributed by atoms with Crippen LogP contribution in [0.5, 0.6) is 0 Å². The predicted molar refractivity (Wildman–Crippen MR) is 399 cm³/mol. The van der Waals surface area contributed by atoms with E-state index >= 15 is 0 Å². The highest BCUT2D eigenvalue weighted by molar-refractivity contribution is 6.23. The standard InChI is InChI=1S/C95H80/c1-57-26-32-60(33-27-57)68-42-46-76-83(51-68)84-52-69(43-47-77(84)90(66-18-9-5-10-19-66)89(76)65-16-7-4-8-17-65)62-38-40-64(41-39-62)82-56-81(63-36-30-59(3)31-37-63)91(67-20-11-6-12-21-67)95-87-55-73(50-72-22-15-25-80(88(72)87)94(82)95)71-45-49-79-86(54-71)93-75-24-14-13-23-74(75)92(79)85-53-70(44-48-78(85)93)61-34-28-58(2)29-35-61/h4-14,16-21,23-24,26-44,46-48,51-53,56,71-73,79-80,86-88,92-93H,15,22,25,45,49-50,54-55H2,1-3H3. The first kappa shape index (κ1) is 56.9. The molecule has 0 amide bonds. The minimum Gasteiger partial charge on any atom is -0.0622 e. The molecule has 0 heterocycles. The summed E-state index contributed by atoms with van der Waals surface area (Å²) in [6.07, 6.45) is 10.8. The molecule has 7 aliphatic carbocycles. The zero-order valence-corrected chi connectivity index (χ0v) is 54.9. The molecular formula is C95H80. The summed E-state index contributed by atoms with van der Waals surface area (Å²) in [6.45, 7) is 6.61. The van der Waals surface area contributed by atoms with Gasteiger partial charge in [0.05, 0.1) is 0 Å². The van der Waals surface area contributed by atoms with Crippen LogP contribution < -0.4 is 0 Å². The molecule has 3 fully saturated rings. The summed E-state index contributed by atoms with van der Waals surface area (Å²) >= 11 is 0. The normalized spacial score (nSPS) is 22.8. The van der Waals surface area contributed by atoms with E-state index in [2.05, 4.69) is 294 Å². The third-order valence-electron chi connectivity index (χ3n) is 24.8. The molecule has 460 valence electrons. The number of fused-ring (bicyclic) bond motifs is 6. The Hall–Kier alpha value is -9.62. The number of aryl methyl sites for hydroxylation is 3. The van der Waals surface area contributed by atoms with Gasteiger partial charge in [-0.25, -0.2) is 0 Å². The fraction of sp³-hybridized carbons (Fsp3) is 0.221. The molecule has 0 N–H and O–H groups in total. The van der Waals surface area contributed by atoms with Crippen LogP contribution in [-0.2, 0) is 0 Å². The Morgan fingerprint density at radius 3 is 1.27 bits per heavy atom. The number of hydrogen-bond acceptors (Lipinski definition) is 0. The van der Waals surface area contributed by atoms with Gasteiger partial charge in [-0.2, -0.15) is 0 Å². The Labute approximate surface area is 561 Å². The highest BCUT2D eigenvalue weighted by atomic mass is 14.6. The van der Waals surface area contributed by atoms with Crippen LogP contribution in [0, 0.1) is 56.3 Å². The smallest absolute Gasteiger partial charge is 0.0127 e. The Balaban J connectivity index is 0.728.